The van der Waals surface area contributed by atoms with Crippen molar-refractivity contribution in [3.8, 4) is 5.75 Å². The maximum Gasteiger partial charge on any atom is 0.324 e. The van der Waals surface area contributed by atoms with E-state index in [1.54, 1.807) is 19.9 Å². The molecule has 18 heavy (non-hydrogen) atoms. The topological polar surface area (TPSA) is 34.1 Å². The number of anilines is 1. The van der Waals surface area contributed by atoms with E-state index < -0.39 is 18.9 Å². The Labute approximate surface area is 102 Å². The third-order valence-electron chi connectivity index (χ3n) is 1.94. The molecule has 0 aromatic carbocycles. The first-order chi connectivity index (χ1) is 8.33. The average molecular weight is 266 g/mol. The molecule has 0 aliphatic heterocycles. The standard InChI is InChI=1S/C11H14F4N2O/c1-7(2)18-8-4-3-5-16-9(8)17-6-11(14,15)10(12)13/h3-5,7,10H,6H2,1-2H3,(H,16,17). The fourth-order valence-corrected chi connectivity index (χ4v) is 1.15. The Kier molecular flexibility index (Phi) is 4.75. The summed E-state index contributed by atoms with van der Waals surface area (Å²) in [5.74, 6) is -3.84. The van der Waals surface area contributed by atoms with E-state index >= 15 is 0 Å². The van der Waals surface area contributed by atoms with Crippen LogP contribution >= 0.6 is 0 Å². The molecule has 0 fully saturated rings. The van der Waals surface area contributed by atoms with Crippen molar-refractivity contribution in [2.75, 3.05) is 11.9 Å². The molecule has 0 saturated carbocycles. The Bertz CT molecular complexity index is 385. The highest BCUT2D eigenvalue weighted by Crippen LogP contribution is 2.26. The predicted molar refractivity (Wildman–Crippen MR) is 59.4 cm³/mol. The van der Waals surface area contributed by atoms with Crippen LogP contribution in [0.2, 0.25) is 0 Å². The van der Waals surface area contributed by atoms with Crippen molar-refractivity contribution < 1.29 is 22.3 Å². The van der Waals surface area contributed by atoms with Crippen LogP contribution in [0.3, 0.4) is 0 Å². The lowest BCUT2D eigenvalue weighted by Gasteiger charge is -2.18. The second-order valence-electron chi connectivity index (χ2n) is 3.93. The highest BCUT2D eigenvalue weighted by Gasteiger charge is 2.40. The molecule has 1 aromatic rings. The maximum atomic E-state index is 12.7. The zero-order valence-corrected chi connectivity index (χ0v) is 9.96. The molecule has 0 spiro atoms. The van der Waals surface area contributed by atoms with Crippen LogP contribution in [0.4, 0.5) is 23.4 Å². The number of ether oxygens (including phenoxy) is 1. The van der Waals surface area contributed by atoms with Crippen LogP contribution in [-0.4, -0.2) is 30.0 Å². The zero-order valence-electron chi connectivity index (χ0n) is 9.96. The number of hydrogen-bond donors (Lipinski definition) is 1. The van der Waals surface area contributed by atoms with Gasteiger partial charge in [-0.2, -0.15) is 8.78 Å². The molecule has 0 radical (unpaired) electrons. The summed E-state index contributed by atoms with van der Waals surface area (Å²) in [6, 6.07) is 3.09. The van der Waals surface area contributed by atoms with Gasteiger partial charge in [-0.3, -0.25) is 0 Å². The van der Waals surface area contributed by atoms with Crippen LogP contribution in [0.5, 0.6) is 5.75 Å². The highest BCUT2D eigenvalue weighted by molar-refractivity contribution is 5.49. The van der Waals surface area contributed by atoms with Gasteiger partial charge in [-0.1, -0.05) is 0 Å². The molecule has 0 aliphatic rings. The first-order valence-corrected chi connectivity index (χ1v) is 5.34. The molecule has 0 atom stereocenters. The summed E-state index contributed by atoms with van der Waals surface area (Å²) in [5, 5.41) is 2.17. The van der Waals surface area contributed by atoms with Gasteiger partial charge in [0.15, 0.2) is 11.6 Å². The SMILES string of the molecule is CC(C)Oc1cccnc1NCC(F)(F)C(F)F. The largest absolute Gasteiger partial charge is 0.487 e. The minimum atomic E-state index is -4.10. The quantitative estimate of drug-likeness (QED) is 0.803. The van der Waals surface area contributed by atoms with Crippen LogP contribution < -0.4 is 10.1 Å². The zero-order chi connectivity index (χ0) is 13.8. The molecule has 102 valence electrons. The van der Waals surface area contributed by atoms with Gasteiger partial charge in [0.2, 0.25) is 0 Å². The lowest BCUT2D eigenvalue weighted by molar-refractivity contribution is -0.117. The maximum absolute atomic E-state index is 12.7. The van der Waals surface area contributed by atoms with Crippen molar-refractivity contribution in [1.29, 1.82) is 0 Å². The smallest absolute Gasteiger partial charge is 0.324 e. The molecular formula is C11H14F4N2O. The van der Waals surface area contributed by atoms with Gasteiger partial charge in [-0.05, 0) is 26.0 Å². The second-order valence-corrected chi connectivity index (χ2v) is 3.93. The van der Waals surface area contributed by atoms with Crippen molar-refractivity contribution in [3.63, 3.8) is 0 Å². The van der Waals surface area contributed by atoms with Crippen molar-refractivity contribution >= 4 is 5.82 Å². The van der Waals surface area contributed by atoms with Gasteiger partial charge in [0.1, 0.15) is 0 Å². The van der Waals surface area contributed by atoms with E-state index in [-0.39, 0.29) is 17.7 Å². The minimum absolute atomic E-state index is 0.0199. The van der Waals surface area contributed by atoms with Gasteiger partial charge in [0.05, 0.1) is 12.6 Å². The highest BCUT2D eigenvalue weighted by atomic mass is 19.3. The third kappa shape index (κ3) is 4.05. The molecule has 1 heterocycles. The first-order valence-electron chi connectivity index (χ1n) is 5.34. The summed E-state index contributed by atoms with van der Waals surface area (Å²) in [5.41, 5.74) is 0. The molecular weight excluding hydrogens is 252 g/mol. The monoisotopic (exact) mass is 266 g/mol. The van der Waals surface area contributed by atoms with E-state index in [2.05, 4.69) is 10.3 Å². The van der Waals surface area contributed by atoms with Gasteiger partial charge in [0.25, 0.3) is 0 Å². The van der Waals surface area contributed by atoms with Gasteiger partial charge >= 0.3 is 12.3 Å². The van der Waals surface area contributed by atoms with E-state index in [4.69, 9.17) is 4.74 Å². The predicted octanol–water partition coefficient (Wildman–Crippen LogP) is 3.18. The summed E-state index contributed by atoms with van der Waals surface area (Å²) < 4.78 is 54.8. The van der Waals surface area contributed by atoms with E-state index in [0.29, 0.717) is 0 Å². The van der Waals surface area contributed by atoms with Crippen LogP contribution in [0, 0.1) is 0 Å². The van der Waals surface area contributed by atoms with Crippen molar-refractivity contribution in [1.82, 2.24) is 4.98 Å². The van der Waals surface area contributed by atoms with E-state index in [1.807, 2.05) is 0 Å². The fraction of sp³-hybridized carbons (Fsp3) is 0.545. The second kappa shape index (κ2) is 5.88. The average Bonchev–Trinajstić information content (AvgIpc) is 2.27. The van der Waals surface area contributed by atoms with Crippen molar-refractivity contribution in [2.45, 2.75) is 32.3 Å². The fourth-order valence-electron chi connectivity index (χ4n) is 1.15. The van der Waals surface area contributed by atoms with Gasteiger partial charge in [-0.15, -0.1) is 0 Å². The molecule has 1 rings (SSSR count). The molecule has 0 amide bonds. The van der Waals surface area contributed by atoms with E-state index in [1.165, 1.54) is 12.3 Å². The Morgan fingerprint density at radius 2 is 2.06 bits per heavy atom. The number of nitrogens with zero attached hydrogens (tertiary/aromatic N) is 1. The number of pyridine rings is 1. The van der Waals surface area contributed by atoms with Crippen molar-refractivity contribution in [2.24, 2.45) is 0 Å². The lowest BCUT2D eigenvalue weighted by atomic mass is 10.3. The number of aromatic nitrogens is 1. The molecule has 0 saturated heterocycles. The van der Waals surface area contributed by atoms with Crippen molar-refractivity contribution in [3.05, 3.63) is 18.3 Å². The molecule has 1 aromatic heterocycles. The summed E-state index contributed by atoms with van der Waals surface area (Å²) in [6.07, 6.45) is -2.54. The normalized spacial score (nSPS) is 12.0. The summed E-state index contributed by atoms with van der Waals surface area (Å²) in [6.45, 7) is 2.31. The Balaban J connectivity index is 2.73. The van der Waals surface area contributed by atoms with Crippen LogP contribution in [0.1, 0.15) is 13.8 Å². The lowest BCUT2D eigenvalue weighted by Crippen LogP contribution is -2.35. The summed E-state index contributed by atoms with van der Waals surface area (Å²) in [7, 11) is 0. The minimum Gasteiger partial charge on any atom is -0.487 e. The number of alkyl halides is 4. The summed E-state index contributed by atoms with van der Waals surface area (Å²) in [4.78, 5) is 3.78. The number of nitrogens with one attached hydrogen (secondary N) is 1. The Morgan fingerprint density at radius 1 is 1.39 bits per heavy atom. The third-order valence-corrected chi connectivity index (χ3v) is 1.94. The van der Waals surface area contributed by atoms with Gasteiger partial charge in [0, 0.05) is 6.20 Å². The Morgan fingerprint density at radius 3 is 2.61 bits per heavy atom. The number of hydrogen-bond acceptors (Lipinski definition) is 3. The van der Waals surface area contributed by atoms with Crippen LogP contribution in [0.25, 0.3) is 0 Å². The van der Waals surface area contributed by atoms with Gasteiger partial charge < -0.3 is 10.1 Å². The number of halogens is 4. The molecule has 1 N–H and O–H groups in total. The van der Waals surface area contributed by atoms with E-state index in [0.717, 1.165) is 0 Å². The molecule has 3 nitrogen and oxygen atoms in total. The molecule has 7 heteroatoms. The number of rotatable bonds is 6. The van der Waals surface area contributed by atoms with Gasteiger partial charge in [-0.25, -0.2) is 13.8 Å². The van der Waals surface area contributed by atoms with Crippen LogP contribution in [-0.2, 0) is 0 Å². The first kappa shape index (κ1) is 14.5. The summed E-state index contributed by atoms with van der Waals surface area (Å²) >= 11 is 0. The Hall–Kier alpha value is -1.53. The molecule has 0 unspecified atom stereocenters. The molecule has 0 aliphatic carbocycles. The van der Waals surface area contributed by atoms with E-state index in [9.17, 15) is 17.6 Å². The van der Waals surface area contributed by atoms with Crippen LogP contribution in [0.15, 0.2) is 18.3 Å². The molecule has 0 bridgehead atoms.